The van der Waals surface area contributed by atoms with E-state index in [0.29, 0.717) is 5.82 Å². The van der Waals surface area contributed by atoms with Gasteiger partial charge in [0.05, 0.1) is 5.69 Å². The first-order valence-electron chi connectivity index (χ1n) is 4.31. The molecular weight excluding hydrogens is 185 g/mol. The minimum atomic E-state index is -1.88. The molecule has 1 aromatic heterocycles. The van der Waals surface area contributed by atoms with Crippen molar-refractivity contribution in [2.45, 2.75) is 26.4 Å². The van der Waals surface area contributed by atoms with Gasteiger partial charge in [-0.3, -0.25) is 9.48 Å². The number of nitrogens with zero attached hydrogens (tertiary/aromatic N) is 2. The molecule has 0 spiro atoms. The Morgan fingerprint density at radius 2 is 2.21 bits per heavy atom. The van der Waals surface area contributed by atoms with Crippen molar-refractivity contribution in [1.82, 2.24) is 9.78 Å². The quantitative estimate of drug-likeness (QED) is 0.782. The van der Waals surface area contributed by atoms with Crippen LogP contribution < -0.4 is 5.32 Å². The number of aryl methyl sites for hydroxylation is 2. The number of amides is 1. The van der Waals surface area contributed by atoms with Crippen molar-refractivity contribution in [2.75, 3.05) is 5.32 Å². The molecule has 1 aromatic rings. The van der Waals surface area contributed by atoms with E-state index in [-0.39, 0.29) is 0 Å². The Morgan fingerprint density at radius 3 is 2.57 bits per heavy atom. The molecule has 1 amide bonds. The van der Waals surface area contributed by atoms with Crippen LogP contribution in [-0.2, 0) is 11.8 Å². The van der Waals surface area contributed by atoms with Gasteiger partial charge in [0.2, 0.25) is 0 Å². The summed E-state index contributed by atoms with van der Waals surface area (Å²) in [5.41, 5.74) is -1.10. The summed E-state index contributed by atoms with van der Waals surface area (Å²) >= 11 is 0. The largest absolute Gasteiger partial charge is 0.308 e. The van der Waals surface area contributed by atoms with Gasteiger partial charge in [-0.25, -0.2) is 4.39 Å². The molecule has 1 rings (SSSR count). The van der Waals surface area contributed by atoms with E-state index in [1.165, 1.54) is 18.5 Å². The molecule has 4 nitrogen and oxygen atoms in total. The van der Waals surface area contributed by atoms with E-state index in [9.17, 15) is 9.18 Å². The molecule has 0 atom stereocenters. The number of halogens is 1. The van der Waals surface area contributed by atoms with E-state index >= 15 is 0 Å². The molecule has 0 saturated carbocycles. The van der Waals surface area contributed by atoms with Crippen LogP contribution in [0, 0.1) is 6.92 Å². The summed E-state index contributed by atoms with van der Waals surface area (Å²) in [6.07, 6.45) is 0. The van der Waals surface area contributed by atoms with Crippen LogP contribution in [0.2, 0.25) is 0 Å². The zero-order chi connectivity index (χ0) is 10.9. The Morgan fingerprint density at radius 1 is 1.64 bits per heavy atom. The number of aromatic nitrogens is 2. The van der Waals surface area contributed by atoms with Gasteiger partial charge in [0.25, 0.3) is 5.91 Å². The molecule has 0 radical (unpaired) electrons. The highest BCUT2D eigenvalue weighted by Gasteiger charge is 2.27. The molecule has 0 aromatic carbocycles. The normalized spacial score (nSPS) is 11.5. The molecular formula is C9H14FN3O. The summed E-state index contributed by atoms with van der Waals surface area (Å²) in [4.78, 5) is 11.3. The first-order chi connectivity index (χ1) is 6.30. The van der Waals surface area contributed by atoms with Crippen LogP contribution in [0.25, 0.3) is 0 Å². The van der Waals surface area contributed by atoms with Gasteiger partial charge >= 0.3 is 0 Å². The highest BCUT2D eigenvalue weighted by atomic mass is 19.1. The summed E-state index contributed by atoms with van der Waals surface area (Å²) in [7, 11) is 1.69. The summed E-state index contributed by atoms with van der Waals surface area (Å²) in [6.45, 7) is 4.23. The molecule has 0 bridgehead atoms. The minimum Gasteiger partial charge on any atom is -0.308 e. The van der Waals surface area contributed by atoms with Gasteiger partial charge in [0.15, 0.2) is 5.67 Å². The van der Waals surface area contributed by atoms with Gasteiger partial charge in [0, 0.05) is 13.1 Å². The maximum atomic E-state index is 13.2. The lowest BCUT2D eigenvalue weighted by atomic mass is 10.1. The van der Waals surface area contributed by atoms with Crippen molar-refractivity contribution in [3.8, 4) is 0 Å². The monoisotopic (exact) mass is 199 g/mol. The first-order valence-corrected chi connectivity index (χ1v) is 4.31. The predicted octanol–water partition coefficient (Wildman–Crippen LogP) is 1.42. The summed E-state index contributed by atoms with van der Waals surface area (Å²) in [5.74, 6) is -0.168. The fourth-order valence-corrected chi connectivity index (χ4v) is 0.993. The van der Waals surface area contributed by atoms with E-state index < -0.39 is 11.6 Å². The number of nitrogens with one attached hydrogen (secondary N) is 1. The molecule has 0 fully saturated rings. The molecule has 0 saturated heterocycles. The van der Waals surface area contributed by atoms with Crippen molar-refractivity contribution >= 4 is 11.7 Å². The van der Waals surface area contributed by atoms with Gasteiger partial charge in [-0.1, -0.05) is 0 Å². The molecule has 0 aliphatic carbocycles. The Labute approximate surface area is 82.1 Å². The van der Waals surface area contributed by atoms with Crippen molar-refractivity contribution in [1.29, 1.82) is 0 Å². The highest BCUT2D eigenvalue weighted by molar-refractivity contribution is 5.95. The SMILES string of the molecule is Cc1cc(NC(=O)C(C)(C)F)n(C)n1. The predicted molar refractivity (Wildman–Crippen MR) is 51.8 cm³/mol. The lowest BCUT2D eigenvalue weighted by Gasteiger charge is -2.13. The van der Waals surface area contributed by atoms with Gasteiger partial charge in [0.1, 0.15) is 5.82 Å². The average Bonchev–Trinajstić information content (AvgIpc) is 2.28. The van der Waals surface area contributed by atoms with Crippen LogP contribution in [0.1, 0.15) is 19.5 Å². The molecule has 78 valence electrons. The first kappa shape index (κ1) is 10.7. The van der Waals surface area contributed by atoms with Gasteiger partial charge in [-0.05, 0) is 20.8 Å². The van der Waals surface area contributed by atoms with E-state index in [1.807, 2.05) is 0 Å². The third kappa shape index (κ3) is 2.31. The fraction of sp³-hybridized carbons (Fsp3) is 0.556. The van der Waals surface area contributed by atoms with Crippen molar-refractivity contribution < 1.29 is 9.18 Å². The van der Waals surface area contributed by atoms with E-state index in [1.54, 1.807) is 20.0 Å². The second-order valence-corrected chi connectivity index (χ2v) is 3.72. The Hall–Kier alpha value is -1.39. The molecule has 5 heteroatoms. The van der Waals surface area contributed by atoms with Crippen LogP contribution in [0.15, 0.2) is 6.07 Å². The van der Waals surface area contributed by atoms with Crippen molar-refractivity contribution in [3.63, 3.8) is 0 Å². The second kappa shape index (κ2) is 3.40. The number of hydrogen-bond donors (Lipinski definition) is 1. The van der Waals surface area contributed by atoms with Gasteiger partial charge in [-0.15, -0.1) is 0 Å². The Balaban J connectivity index is 2.80. The Kier molecular flexibility index (Phi) is 2.59. The van der Waals surface area contributed by atoms with E-state index in [2.05, 4.69) is 10.4 Å². The smallest absolute Gasteiger partial charge is 0.262 e. The zero-order valence-corrected chi connectivity index (χ0v) is 8.76. The van der Waals surface area contributed by atoms with Crippen LogP contribution in [0.4, 0.5) is 10.2 Å². The van der Waals surface area contributed by atoms with Crippen LogP contribution in [0.5, 0.6) is 0 Å². The fourth-order valence-electron chi connectivity index (χ4n) is 0.993. The molecule has 0 unspecified atom stereocenters. The molecule has 0 aliphatic heterocycles. The molecule has 1 heterocycles. The number of hydrogen-bond acceptors (Lipinski definition) is 2. The summed E-state index contributed by atoms with van der Waals surface area (Å²) in [6, 6.07) is 1.68. The zero-order valence-electron chi connectivity index (χ0n) is 8.76. The highest BCUT2D eigenvalue weighted by Crippen LogP contribution is 2.14. The maximum Gasteiger partial charge on any atom is 0.262 e. The minimum absolute atomic E-state index is 0.498. The standard InChI is InChI=1S/C9H14FN3O/c1-6-5-7(13(4)12-6)11-8(14)9(2,3)10/h5H,1-4H3,(H,11,14). The van der Waals surface area contributed by atoms with Gasteiger partial charge < -0.3 is 5.32 Å². The third-order valence-corrected chi connectivity index (χ3v) is 1.78. The van der Waals surface area contributed by atoms with E-state index in [4.69, 9.17) is 0 Å². The average molecular weight is 199 g/mol. The summed E-state index contributed by atoms with van der Waals surface area (Å²) < 4.78 is 14.7. The van der Waals surface area contributed by atoms with E-state index in [0.717, 1.165) is 5.69 Å². The van der Waals surface area contributed by atoms with Crippen LogP contribution >= 0.6 is 0 Å². The number of rotatable bonds is 2. The molecule has 0 aliphatic rings. The second-order valence-electron chi connectivity index (χ2n) is 3.72. The van der Waals surface area contributed by atoms with Crippen molar-refractivity contribution in [2.24, 2.45) is 7.05 Å². The maximum absolute atomic E-state index is 13.2. The number of alkyl halides is 1. The van der Waals surface area contributed by atoms with Crippen LogP contribution in [-0.4, -0.2) is 21.4 Å². The Bertz CT molecular complexity index is 351. The summed E-state index contributed by atoms with van der Waals surface area (Å²) in [5, 5.41) is 6.48. The molecule has 1 N–H and O–H groups in total. The lowest BCUT2D eigenvalue weighted by Crippen LogP contribution is -2.33. The van der Waals surface area contributed by atoms with Crippen molar-refractivity contribution in [3.05, 3.63) is 11.8 Å². The van der Waals surface area contributed by atoms with Gasteiger partial charge in [-0.2, -0.15) is 5.10 Å². The number of anilines is 1. The molecule has 14 heavy (non-hydrogen) atoms. The lowest BCUT2D eigenvalue weighted by molar-refractivity contribution is -0.125. The third-order valence-electron chi connectivity index (χ3n) is 1.78. The number of carbonyl (C=O) groups excluding carboxylic acids is 1. The van der Waals surface area contributed by atoms with Crippen LogP contribution in [0.3, 0.4) is 0 Å². The number of carbonyl (C=O) groups is 1. The topological polar surface area (TPSA) is 46.9 Å².